The molecule has 1 heterocycles. The van der Waals surface area contributed by atoms with Crippen LogP contribution in [0.2, 0.25) is 0 Å². The maximum atomic E-state index is 12.2. The summed E-state index contributed by atoms with van der Waals surface area (Å²) in [5.41, 5.74) is 5.56. The smallest absolute Gasteiger partial charge is 0.251 e. The number of pyridine rings is 1. The molecule has 0 saturated heterocycles. The quantitative estimate of drug-likeness (QED) is 0.757. The molecule has 0 unspecified atom stereocenters. The van der Waals surface area contributed by atoms with Gasteiger partial charge in [0.1, 0.15) is 0 Å². The summed E-state index contributed by atoms with van der Waals surface area (Å²) < 4.78 is 0. The Morgan fingerprint density at radius 2 is 1.80 bits per heavy atom. The minimum Gasteiger partial charge on any atom is -0.326 e. The summed E-state index contributed by atoms with van der Waals surface area (Å²) >= 11 is 0. The number of carbonyl (C=O) groups is 1. The molecule has 25 heavy (non-hydrogen) atoms. The molecule has 128 valence electrons. The predicted octanol–water partition coefficient (Wildman–Crippen LogP) is 4.02. The molecule has 3 aromatic rings. The Labute approximate surface area is 146 Å². The van der Waals surface area contributed by atoms with Crippen LogP contribution >= 0.6 is 0 Å². The van der Waals surface area contributed by atoms with Gasteiger partial charge in [0.2, 0.25) is 5.91 Å². The zero-order valence-corrected chi connectivity index (χ0v) is 14.8. The number of benzene rings is 2. The molecule has 0 atom stereocenters. The molecule has 0 radical (unpaired) electrons. The van der Waals surface area contributed by atoms with Crippen molar-refractivity contribution in [3.05, 3.63) is 75.1 Å². The minimum atomic E-state index is -0.0720. The fourth-order valence-electron chi connectivity index (χ4n) is 2.94. The summed E-state index contributed by atoms with van der Waals surface area (Å²) in [4.78, 5) is 26.8. The van der Waals surface area contributed by atoms with Crippen LogP contribution in [0.25, 0.3) is 10.9 Å². The molecular formula is C21H22N2O2. The number of anilines is 1. The number of carbonyl (C=O) groups excluding carboxylic acids is 1. The number of aromatic amines is 1. The van der Waals surface area contributed by atoms with Crippen molar-refractivity contribution in [2.24, 2.45) is 0 Å². The number of hydrogen-bond acceptors (Lipinski definition) is 2. The SMILES string of the molecule is Cc1ccc(NC(=O)CCc2ccc3cc(C)c(=O)[nH]c3c2)c(C)c1. The molecule has 0 saturated carbocycles. The fraction of sp³-hybridized carbons (Fsp3) is 0.238. The average molecular weight is 334 g/mol. The van der Waals surface area contributed by atoms with E-state index in [0.717, 1.165) is 27.7 Å². The second-order valence-electron chi connectivity index (χ2n) is 6.57. The van der Waals surface area contributed by atoms with Crippen molar-refractivity contribution in [1.82, 2.24) is 4.98 Å². The molecule has 0 bridgehead atoms. The lowest BCUT2D eigenvalue weighted by Crippen LogP contribution is -2.13. The highest BCUT2D eigenvalue weighted by atomic mass is 16.1. The third-order valence-electron chi connectivity index (χ3n) is 4.39. The normalized spacial score (nSPS) is 10.8. The Balaban J connectivity index is 1.68. The van der Waals surface area contributed by atoms with E-state index in [-0.39, 0.29) is 11.5 Å². The lowest BCUT2D eigenvalue weighted by Gasteiger charge is -2.09. The summed E-state index contributed by atoms with van der Waals surface area (Å²) in [6.45, 7) is 5.82. The molecule has 0 fully saturated rings. The van der Waals surface area contributed by atoms with Crippen LogP contribution in [0.1, 0.15) is 28.7 Å². The van der Waals surface area contributed by atoms with E-state index in [1.54, 1.807) is 6.92 Å². The Hall–Kier alpha value is -2.88. The van der Waals surface area contributed by atoms with E-state index >= 15 is 0 Å². The Bertz CT molecular complexity index is 1000. The van der Waals surface area contributed by atoms with Gasteiger partial charge in [-0.2, -0.15) is 0 Å². The topological polar surface area (TPSA) is 62.0 Å². The second-order valence-corrected chi connectivity index (χ2v) is 6.57. The minimum absolute atomic E-state index is 0.00977. The van der Waals surface area contributed by atoms with Crippen molar-refractivity contribution in [2.45, 2.75) is 33.6 Å². The van der Waals surface area contributed by atoms with Crippen molar-refractivity contribution in [1.29, 1.82) is 0 Å². The van der Waals surface area contributed by atoms with E-state index in [1.165, 1.54) is 5.56 Å². The van der Waals surface area contributed by atoms with Gasteiger partial charge in [-0.3, -0.25) is 9.59 Å². The molecule has 4 nitrogen and oxygen atoms in total. The van der Waals surface area contributed by atoms with Crippen LogP contribution in [0.5, 0.6) is 0 Å². The molecule has 3 rings (SSSR count). The number of aromatic nitrogens is 1. The number of aryl methyl sites for hydroxylation is 4. The van der Waals surface area contributed by atoms with Gasteiger partial charge in [-0.1, -0.05) is 29.8 Å². The van der Waals surface area contributed by atoms with Gasteiger partial charge in [-0.15, -0.1) is 0 Å². The van der Waals surface area contributed by atoms with Gasteiger partial charge in [0.25, 0.3) is 5.56 Å². The monoisotopic (exact) mass is 334 g/mol. The van der Waals surface area contributed by atoms with E-state index in [9.17, 15) is 9.59 Å². The van der Waals surface area contributed by atoms with E-state index in [4.69, 9.17) is 0 Å². The second kappa shape index (κ2) is 6.93. The first-order chi connectivity index (χ1) is 11.9. The van der Waals surface area contributed by atoms with Gasteiger partial charge in [0.05, 0.1) is 0 Å². The summed E-state index contributed by atoms with van der Waals surface area (Å²) in [5.74, 6) is -0.00977. The standard InChI is InChI=1S/C21H22N2O2/c1-13-4-8-18(14(2)10-13)22-20(24)9-6-16-5-7-17-11-15(3)21(25)23-19(17)12-16/h4-5,7-8,10-12H,6,9H2,1-3H3,(H,22,24)(H,23,25). The Morgan fingerprint density at radius 1 is 1.00 bits per heavy atom. The highest BCUT2D eigenvalue weighted by molar-refractivity contribution is 5.91. The summed E-state index contributed by atoms with van der Waals surface area (Å²) in [7, 11) is 0. The number of amides is 1. The number of fused-ring (bicyclic) bond motifs is 1. The van der Waals surface area contributed by atoms with E-state index < -0.39 is 0 Å². The third-order valence-corrected chi connectivity index (χ3v) is 4.39. The lowest BCUT2D eigenvalue weighted by atomic mass is 10.1. The third kappa shape index (κ3) is 3.97. The Morgan fingerprint density at radius 3 is 2.56 bits per heavy atom. The highest BCUT2D eigenvalue weighted by Gasteiger charge is 2.07. The molecule has 0 spiro atoms. The van der Waals surface area contributed by atoms with E-state index in [1.807, 2.05) is 50.2 Å². The van der Waals surface area contributed by atoms with Crippen LogP contribution in [0.3, 0.4) is 0 Å². The zero-order valence-electron chi connectivity index (χ0n) is 14.8. The first-order valence-corrected chi connectivity index (χ1v) is 8.42. The van der Waals surface area contributed by atoms with Crippen molar-refractivity contribution in [3.63, 3.8) is 0 Å². The first kappa shape index (κ1) is 17.0. The highest BCUT2D eigenvalue weighted by Crippen LogP contribution is 2.18. The van der Waals surface area contributed by atoms with E-state index in [2.05, 4.69) is 16.4 Å². The molecule has 0 aliphatic carbocycles. The van der Waals surface area contributed by atoms with Gasteiger partial charge in [-0.05, 0) is 61.9 Å². The molecule has 0 aliphatic rings. The molecule has 1 aromatic heterocycles. The fourth-order valence-corrected chi connectivity index (χ4v) is 2.94. The van der Waals surface area contributed by atoms with Gasteiger partial charge in [0, 0.05) is 23.2 Å². The molecule has 2 N–H and O–H groups in total. The molecule has 0 aliphatic heterocycles. The van der Waals surface area contributed by atoms with Crippen molar-refractivity contribution >= 4 is 22.5 Å². The van der Waals surface area contributed by atoms with Crippen LogP contribution in [0.4, 0.5) is 5.69 Å². The molecule has 2 aromatic carbocycles. The van der Waals surface area contributed by atoms with Crippen LogP contribution in [-0.4, -0.2) is 10.9 Å². The average Bonchev–Trinajstić information content (AvgIpc) is 2.56. The van der Waals surface area contributed by atoms with Crippen LogP contribution < -0.4 is 10.9 Å². The van der Waals surface area contributed by atoms with Crippen LogP contribution in [0.15, 0.2) is 47.3 Å². The number of nitrogens with one attached hydrogen (secondary N) is 2. The van der Waals surface area contributed by atoms with Crippen LogP contribution in [0, 0.1) is 20.8 Å². The predicted molar refractivity (Wildman–Crippen MR) is 102 cm³/mol. The van der Waals surface area contributed by atoms with Gasteiger partial charge >= 0.3 is 0 Å². The first-order valence-electron chi connectivity index (χ1n) is 8.42. The van der Waals surface area contributed by atoms with Gasteiger partial charge in [-0.25, -0.2) is 0 Å². The van der Waals surface area contributed by atoms with Gasteiger partial charge < -0.3 is 10.3 Å². The zero-order chi connectivity index (χ0) is 18.0. The maximum absolute atomic E-state index is 12.2. The molecule has 1 amide bonds. The van der Waals surface area contributed by atoms with Crippen LogP contribution in [-0.2, 0) is 11.2 Å². The number of H-pyrrole nitrogens is 1. The largest absolute Gasteiger partial charge is 0.326 e. The number of hydrogen-bond donors (Lipinski definition) is 2. The summed E-state index contributed by atoms with van der Waals surface area (Å²) in [6.07, 6.45) is 1.03. The lowest BCUT2D eigenvalue weighted by molar-refractivity contribution is -0.116. The number of rotatable bonds is 4. The van der Waals surface area contributed by atoms with Gasteiger partial charge in [0.15, 0.2) is 0 Å². The maximum Gasteiger partial charge on any atom is 0.251 e. The summed E-state index contributed by atoms with van der Waals surface area (Å²) in [5, 5.41) is 3.97. The van der Waals surface area contributed by atoms with Crippen molar-refractivity contribution in [2.75, 3.05) is 5.32 Å². The van der Waals surface area contributed by atoms with Crippen molar-refractivity contribution in [3.8, 4) is 0 Å². The summed E-state index contributed by atoms with van der Waals surface area (Å²) in [6, 6.07) is 13.8. The van der Waals surface area contributed by atoms with Crippen molar-refractivity contribution < 1.29 is 4.79 Å². The Kier molecular flexibility index (Phi) is 4.70. The molecule has 4 heteroatoms. The molecular weight excluding hydrogens is 312 g/mol. The van der Waals surface area contributed by atoms with E-state index in [0.29, 0.717) is 18.4 Å².